The van der Waals surface area contributed by atoms with E-state index >= 15 is 0 Å². The van der Waals surface area contributed by atoms with Crippen molar-refractivity contribution in [2.45, 2.75) is 46.0 Å². The summed E-state index contributed by atoms with van der Waals surface area (Å²) in [7, 11) is 0. The van der Waals surface area contributed by atoms with Crippen LogP contribution in [-0.2, 0) is 9.53 Å². The van der Waals surface area contributed by atoms with Gasteiger partial charge in [0.15, 0.2) is 6.10 Å². The molecule has 0 bridgehead atoms. The van der Waals surface area contributed by atoms with E-state index in [0.29, 0.717) is 5.56 Å². The zero-order valence-electron chi connectivity index (χ0n) is 10.4. The number of rotatable bonds is 5. The molecule has 2 N–H and O–H groups in total. The molecule has 0 saturated heterocycles. The molecule has 0 aliphatic rings. The first-order valence-electron chi connectivity index (χ1n) is 5.46. The second kappa shape index (κ2) is 5.62. The molecule has 0 spiro atoms. The van der Waals surface area contributed by atoms with Gasteiger partial charge in [0, 0.05) is 15.3 Å². The van der Waals surface area contributed by atoms with Crippen molar-refractivity contribution in [2.24, 2.45) is 0 Å². The van der Waals surface area contributed by atoms with Crippen molar-refractivity contribution in [3.8, 4) is 0 Å². The van der Waals surface area contributed by atoms with E-state index in [2.05, 4.69) is 0 Å². The Balaban J connectivity index is 2.94. The smallest absolute Gasteiger partial charge is 0.337 e. The van der Waals surface area contributed by atoms with Crippen molar-refractivity contribution < 1.29 is 19.7 Å². The number of carbonyl (C=O) groups is 1. The molecule has 1 aromatic heterocycles. The van der Waals surface area contributed by atoms with Crippen LogP contribution in [0.1, 0.15) is 35.3 Å². The van der Waals surface area contributed by atoms with Gasteiger partial charge in [-0.15, -0.1) is 11.3 Å². The Morgan fingerprint density at radius 1 is 1.41 bits per heavy atom. The van der Waals surface area contributed by atoms with Gasteiger partial charge in [-0.25, -0.2) is 4.79 Å². The van der Waals surface area contributed by atoms with Crippen molar-refractivity contribution in [1.82, 2.24) is 0 Å². The van der Waals surface area contributed by atoms with Crippen LogP contribution >= 0.6 is 11.3 Å². The zero-order valence-corrected chi connectivity index (χ0v) is 11.2. The molecule has 0 aromatic carbocycles. The number of thiophene rings is 1. The van der Waals surface area contributed by atoms with Gasteiger partial charge in [0.2, 0.25) is 0 Å². The van der Waals surface area contributed by atoms with Gasteiger partial charge in [-0.05, 0) is 33.8 Å². The lowest BCUT2D eigenvalue weighted by Gasteiger charge is -2.21. The molecule has 0 aliphatic heterocycles. The highest BCUT2D eigenvalue weighted by molar-refractivity contribution is 7.12. The summed E-state index contributed by atoms with van der Waals surface area (Å²) in [4.78, 5) is 13.2. The summed E-state index contributed by atoms with van der Waals surface area (Å²) in [5.74, 6) is -1.03. The maximum Gasteiger partial charge on any atom is 0.337 e. The zero-order chi connectivity index (χ0) is 13.2. The third-order valence-electron chi connectivity index (χ3n) is 2.62. The molecule has 1 heterocycles. The highest BCUT2D eigenvalue weighted by atomic mass is 32.1. The molecule has 4 nitrogen and oxygen atoms in total. The van der Waals surface area contributed by atoms with Crippen molar-refractivity contribution in [3.05, 3.63) is 21.4 Å². The summed E-state index contributed by atoms with van der Waals surface area (Å²) >= 11 is 1.54. The molecule has 96 valence electrons. The third-order valence-corrected chi connectivity index (χ3v) is 3.60. The largest absolute Gasteiger partial charge is 0.479 e. The quantitative estimate of drug-likeness (QED) is 0.850. The number of aliphatic carboxylic acids is 1. The van der Waals surface area contributed by atoms with Gasteiger partial charge in [0.05, 0.1) is 12.2 Å². The van der Waals surface area contributed by atoms with Gasteiger partial charge in [0.25, 0.3) is 0 Å². The Bertz CT molecular complexity index is 397. The number of aryl methyl sites for hydroxylation is 2. The second-order valence-corrected chi connectivity index (χ2v) is 5.63. The summed E-state index contributed by atoms with van der Waals surface area (Å²) in [6, 6.07) is 1.83. The van der Waals surface area contributed by atoms with Crippen LogP contribution in [-0.4, -0.2) is 28.4 Å². The highest BCUT2D eigenvalue weighted by Gasteiger charge is 2.27. The maximum atomic E-state index is 11.2. The molecular weight excluding hydrogens is 240 g/mol. The summed E-state index contributed by atoms with van der Waals surface area (Å²) in [5, 5.41) is 18.5. The first kappa shape index (κ1) is 14.2. The molecule has 0 radical (unpaired) electrons. The minimum atomic E-state index is -1.03. The van der Waals surface area contributed by atoms with E-state index in [0.717, 1.165) is 9.75 Å². The molecular formula is C12H18O4S. The average molecular weight is 258 g/mol. The predicted octanol–water partition coefficient (Wildman–Crippen LogP) is 2.28. The Labute approximate surface area is 105 Å². The SMILES string of the molecule is Cc1cc(C(OC(C)C(C)O)C(=O)O)c(C)s1. The van der Waals surface area contributed by atoms with Gasteiger partial charge in [-0.3, -0.25) is 0 Å². The fourth-order valence-electron chi connectivity index (χ4n) is 1.50. The van der Waals surface area contributed by atoms with Crippen LogP contribution in [0.4, 0.5) is 0 Å². The van der Waals surface area contributed by atoms with Crippen molar-refractivity contribution in [3.63, 3.8) is 0 Å². The average Bonchev–Trinajstić information content (AvgIpc) is 2.53. The Morgan fingerprint density at radius 3 is 2.35 bits per heavy atom. The molecule has 0 aliphatic carbocycles. The van der Waals surface area contributed by atoms with E-state index in [1.807, 2.05) is 19.9 Å². The van der Waals surface area contributed by atoms with E-state index in [9.17, 15) is 15.0 Å². The van der Waals surface area contributed by atoms with Gasteiger partial charge in [-0.1, -0.05) is 0 Å². The highest BCUT2D eigenvalue weighted by Crippen LogP contribution is 2.30. The van der Waals surface area contributed by atoms with Crippen LogP contribution in [0.3, 0.4) is 0 Å². The van der Waals surface area contributed by atoms with Crippen molar-refractivity contribution >= 4 is 17.3 Å². The third kappa shape index (κ3) is 3.52. The Hall–Kier alpha value is -0.910. The minimum Gasteiger partial charge on any atom is -0.479 e. The number of hydrogen-bond acceptors (Lipinski definition) is 4. The first-order valence-corrected chi connectivity index (χ1v) is 6.27. The second-order valence-electron chi connectivity index (χ2n) is 4.17. The Kier molecular flexibility index (Phi) is 4.68. The van der Waals surface area contributed by atoms with E-state index < -0.39 is 24.3 Å². The Morgan fingerprint density at radius 2 is 2.00 bits per heavy atom. The summed E-state index contributed by atoms with van der Waals surface area (Å²) in [5.41, 5.74) is 0.674. The van der Waals surface area contributed by atoms with Crippen LogP contribution in [0.2, 0.25) is 0 Å². The summed E-state index contributed by atoms with van der Waals surface area (Å²) in [6.07, 6.45) is -2.22. The van der Waals surface area contributed by atoms with Gasteiger partial charge in [-0.2, -0.15) is 0 Å². The van der Waals surface area contributed by atoms with E-state index in [-0.39, 0.29) is 0 Å². The molecule has 0 saturated carbocycles. The molecule has 3 unspecified atom stereocenters. The topological polar surface area (TPSA) is 66.8 Å². The molecule has 0 amide bonds. The normalized spacial score (nSPS) is 16.5. The number of hydrogen-bond donors (Lipinski definition) is 2. The predicted molar refractivity (Wildman–Crippen MR) is 66.4 cm³/mol. The fourth-order valence-corrected chi connectivity index (χ4v) is 2.46. The van der Waals surface area contributed by atoms with E-state index in [1.54, 1.807) is 25.2 Å². The van der Waals surface area contributed by atoms with Crippen LogP contribution in [0.5, 0.6) is 0 Å². The van der Waals surface area contributed by atoms with Crippen molar-refractivity contribution in [1.29, 1.82) is 0 Å². The fraction of sp³-hybridized carbons (Fsp3) is 0.583. The summed E-state index contributed by atoms with van der Waals surface area (Å²) in [6.45, 7) is 7.04. The maximum absolute atomic E-state index is 11.2. The van der Waals surface area contributed by atoms with Crippen LogP contribution in [0.15, 0.2) is 6.07 Å². The van der Waals surface area contributed by atoms with E-state index in [1.165, 1.54) is 0 Å². The van der Waals surface area contributed by atoms with Crippen LogP contribution < -0.4 is 0 Å². The molecule has 5 heteroatoms. The monoisotopic (exact) mass is 258 g/mol. The molecule has 17 heavy (non-hydrogen) atoms. The number of carboxylic acids is 1. The number of carboxylic acid groups (broad SMARTS) is 1. The lowest BCUT2D eigenvalue weighted by atomic mass is 10.1. The van der Waals surface area contributed by atoms with Gasteiger partial charge >= 0.3 is 5.97 Å². The number of ether oxygens (including phenoxy) is 1. The minimum absolute atomic E-state index is 0.518. The van der Waals surface area contributed by atoms with Crippen LogP contribution in [0.25, 0.3) is 0 Å². The van der Waals surface area contributed by atoms with Gasteiger partial charge < -0.3 is 14.9 Å². The van der Waals surface area contributed by atoms with Crippen LogP contribution in [0, 0.1) is 13.8 Å². The first-order chi connectivity index (χ1) is 7.82. The van der Waals surface area contributed by atoms with E-state index in [4.69, 9.17) is 4.74 Å². The van der Waals surface area contributed by atoms with Gasteiger partial charge in [0.1, 0.15) is 0 Å². The standard InChI is InChI=1S/C12H18O4S/c1-6-5-10(9(4)17-6)11(12(14)15)16-8(3)7(2)13/h5,7-8,11,13H,1-4H3,(H,14,15). The molecule has 1 aromatic rings. The lowest BCUT2D eigenvalue weighted by molar-refractivity contribution is -0.158. The molecule has 1 rings (SSSR count). The van der Waals surface area contributed by atoms with Crippen molar-refractivity contribution in [2.75, 3.05) is 0 Å². The lowest BCUT2D eigenvalue weighted by Crippen LogP contribution is -2.28. The number of aliphatic hydroxyl groups is 1. The molecule has 3 atom stereocenters. The summed E-state index contributed by atoms with van der Waals surface area (Å²) < 4.78 is 5.41. The number of aliphatic hydroxyl groups excluding tert-OH is 1. The molecule has 0 fully saturated rings.